The molecule has 1 saturated heterocycles. The number of allylic oxidation sites excluding steroid dienone is 3. The van der Waals surface area contributed by atoms with Gasteiger partial charge in [-0.05, 0) is 91.3 Å². The van der Waals surface area contributed by atoms with Crippen LogP contribution in [0.2, 0.25) is 0 Å². The molecule has 6 heteroatoms. The number of nitrogen functional groups attached to an aromatic ring is 1. The summed E-state index contributed by atoms with van der Waals surface area (Å²) < 4.78 is 14.6. The average Bonchev–Trinajstić information content (AvgIpc) is 2.86. The molecule has 3 N–H and O–H groups in total. The third kappa shape index (κ3) is 4.55. The Labute approximate surface area is 201 Å². The molecule has 1 fully saturated rings. The van der Waals surface area contributed by atoms with Crippen LogP contribution in [0.3, 0.4) is 0 Å². The largest absolute Gasteiger partial charge is 0.398 e. The highest BCUT2D eigenvalue weighted by Crippen LogP contribution is 2.42. The summed E-state index contributed by atoms with van der Waals surface area (Å²) in [7, 11) is 2.07. The molecule has 1 aliphatic heterocycles. The summed E-state index contributed by atoms with van der Waals surface area (Å²) in [5, 5.41) is 7.90. The monoisotopic (exact) mass is 460 g/mol. The molecular formula is C28H33FN4O. The van der Waals surface area contributed by atoms with Gasteiger partial charge in [0.2, 0.25) is 0 Å². The zero-order valence-electron chi connectivity index (χ0n) is 20.1. The van der Waals surface area contributed by atoms with Gasteiger partial charge >= 0.3 is 0 Å². The molecule has 0 aromatic heterocycles. The molecule has 4 rings (SSSR count). The highest BCUT2D eigenvalue weighted by molar-refractivity contribution is 5.99. The highest BCUT2D eigenvalue weighted by Gasteiger charge is 2.24. The predicted octanol–water partition coefficient (Wildman–Crippen LogP) is 5.14. The first-order valence-corrected chi connectivity index (χ1v) is 11.9. The van der Waals surface area contributed by atoms with E-state index in [2.05, 4.69) is 18.5 Å². The van der Waals surface area contributed by atoms with E-state index in [9.17, 15) is 9.18 Å². The van der Waals surface area contributed by atoms with Crippen molar-refractivity contribution in [2.75, 3.05) is 39.0 Å². The van der Waals surface area contributed by atoms with Gasteiger partial charge in [0.05, 0.1) is 0 Å². The van der Waals surface area contributed by atoms with E-state index in [4.69, 9.17) is 11.1 Å². The molecule has 0 saturated carbocycles. The van der Waals surface area contributed by atoms with Crippen molar-refractivity contribution in [2.45, 2.75) is 32.6 Å². The maximum absolute atomic E-state index is 14.6. The third-order valence-electron chi connectivity index (χ3n) is 7.14. The molecule has 0 bridgehead atoms. The second-order valence-electron chi connectivity index (χ2n) is 9.32. The Kier molecular flexibility index (Phi) is 6.98. The Morgan fingerprint density at radius 1 is 1.09 bits per heavy atom. The van der Waals surface area contributed by atoms with E-state index >= 15 is 0 Å². The minimum atomic E-state index is -0.354. The van der Waals surface area contributed by atoms with Gasteiger partial charge in [-0.2, -0.15) is 0 Å². The number of rotatable bonds is 5. The summed E-state index contributed by atoms with van der Waals surface area (Å²) in [5.41, 5.74) is 12.8. The van der Waals surface area contributed by atoms with Crippen LogP contribution in [0.5, 0.6) is 0 Å². The van der Waals surface area contributed by atoms with Crippen molar-refractivity contribution in [1.29, 1.82) is 5.41 Å². The van der Waals surface area contributed by atoms with Crippen molar-refractivity contribution in [3.8, 4) is 0 Å². The van der Waals surface area contributed by atoms with Gasteiger partial charge in [0, 0.05) is 49.2 Å². The fourth-order valence-electron chi connectivity index (χ4n) is 5.03. The maximum Gasteiger partial charge on any atom is 0.253 e. The minimum Gasteiger partial charge on any atom is -0.398 e. The van der Waals surface area contributed by atoms with Crippen LogP contribution in [0.4, 0.5) is 10.1 Å². The van der Waals surface area contributed by atoms with Crippen molar-refractivity contribution in [1.82, 2.24) is 9.80 Å². The summed E-state index contributed by atoms with van der Waals surface area (Å²) in [6, 6.07) is 8.95. The number of nitrogens with two attached hydrogens (primary N) is 1. The second-order valence-corrected chi connectivity index (χ2v) is 9.32. The van der Waals surface area contributed by atoms with Crippen LogP contribution >= 0.6 is 0 Å². The number of nitrogens with one attached hydrogen (secondary N) is 1. The van der Waals surface area contributed by atoms with Gasteiger partial charge in [0.15, 0.2) is 0 Å². The van der Waals surface area contributed by atoms with E-state index in [1.165, 1.54) is 12.3 Å². The topological polar surface area (TPSA) is 73.4 Å². The van der Waals surface area contributed by atoms with Gasteiger partial charge in [-0.1, -0.05) is 18.7 Å². The minimum absolute atomic E-state index is 0.0596. The Bertz CT molecular complexity index is 1160. The number of carbonyl (C=O) groups excluding carboxylic acids is 1. The molecule has 0 radical (unpaired) electrons. The van der Waals surface area contributed by atoms with Gasteiger partial charge in [0.25, 0.3) is 5.91 Å². The van der Waals surface area contributed by atoms with Gasteiger partial charge in [0.1, 0.15) is 5.82 Å². The van der Waals surface area contributed by atoms with Crippen molar-refractivity contribution in [3.05, 3.63) is 76.1 Å². The molecule has 1 aliphatic carbocycles. The Morgan fingerprint density at radius 3 is 2.35 bits per heavy atom. The van der Waals surface area contributed by atoms with E-state index < -0.39 is 0 Å². The average molecular weight is 461 g/mol. The molecule has 5 nitrogen and oxygen atoms in total. The zero-order chi connectivity index (χ0) is 24.4. The van der Waals surface area contributed by atoms with Crippen LogP contribution in [-0.4, -0.2) is 55.1 Å². The number of anilines is 1. The number of likely N-dealkylation sites (N-methyl/N-ethyl adjacent to an activating group) is 1. The quantitative estimate of drug-likeness (QED) is 0.479. The van der Waals surface area contributed by atoms with Gasteiger partial charge in [-0.3, -0.25) is 4.79 Å². The maximum atomic E-state index is 14.6. The molecule has 0 atom stereocenters. The van der Waals surface area contributed by atoms with Crippen molar-refractivity contribution < 1.29 is 9.18 Å². The van der Waals surface area contributed by atoms with E-state index in [0.29, 0.717) is 16.7 Å². The van der Waals surface area contributed by atoms with E-state index in [1.54, 1.807) is 6.92 Å². The van der Waals surface area contributed by atoms with Gasteiger partial charge in [-0.25, -0.2) is 4.39 Å². The molecule has 0 spiro atoms. The lowest BCUT2D eigenvalue weighted by atomic mass is 9.79. The number of piperazine rings is 1. The van der Waals surface area contributed by atoms with Crippen LogP contribution in [0.25, 0.3) is 11.1 Å². The second kappa shape index (κ2) is 9.94. The standard InChI is InChI=1S/C28H33FN4O/c1-18(20-8-10-21(11-9-20)28(34)33-14-12-32(3)13-15-33)22-6-4-5-7-23(22)27-19(2)25(29)16-26(31)24(27)17-30/h8-11,16-17,30H,1,4-7,12-15,31H2,2-3H3. The molecule has 1 amide bonds. The lowest BCUT2D eigenvalue weighted by molar-refractivity contribution is 0.0664. The van der Waals surface area contributed by atoms with Crippen LogP contribution in [0.15, 0.2) is 42.5 Å². The van der Waals surface area contributed by atoms with Crippen LogP contribution in [0, 0.1) is 18.2 Å². The number of amides is 1. The zero-order valence-corrected chi connectivity index (χ0v) is 20.1. The molecule has 34 heavy (non-hydrogen) atoms. The first-order chi connectivity index (χ1) is 16.3. The fraction of sp³-hybridized carbons (Fsp3) is 0.357. The molecule has 178 valence electrons. The van der Waals surface area contributed by atoms with Crippen LogP contribution in [-0.2, 0) is 0 Å². The first-order valence-electron chi connectivity index (χ1n) is 11.9. The molecule has 2 aliphatic rings. The summed E-state index contributed by atoms with van der Waals surface area (Å²) in [6.07, 6.45) is 4.87. The first kappa shape index (κ1) is 23.9. The Hall–Kier alpha value is -3.25. The lowest BCUT2D eigenvalue weighted by Gasteiger charge is -2.32. The van der Waals surface area contributed by atoms with Crippen molar-refractivity contribution in [2.24, 2.45) is 0 Å². The van der Waals surface area contributed by atoms with Crippen molar-refractivity contribution >= 4 is 29.0 Å². The molecule has 1 heterocycles. The highest BCUT2D eigenvalue weighted by atomic mass is 19.1. The van der Waals surface area contributed by atoms with E-state index in [0.717, 1.165) is 79.7 Å². The van der Waals surface area contributed by atoms with Gasteiger partial charge < -0.3 is 20.9 Å². The molecule has 2 aromatic rings. The number of hydrogen-bond acceptors (Lipinski definition) is 4. The molecule has 2 aromatic carbocycles. The number of benzene rings is 2. The van der Waals surface area contributed by atoms with Gasteiger partial charge in [-0.15, -0.1) is 0 Å². The number of hydrogen-bond donors (Lipinski definition) is 2. The number of carbonyl (C=O) groups is 1. The Morgan fingerprint density at radius 2 is 1.71 bits per heavy atom. The van der Waals surface area contributed by atoms with E-state index in [1.807, 2.05) is 29.2 Å². The lowest BCUT2D eigenvalue weighted by Crippen LogP contribution is -2.47. The van der Waals surface area contributed by atoms with Crippen LogP contribution < -0.4 is 5.73 Å². The third-order valence-corrected chi connectivity index (χ3v) is 7.14. The van der Waals surface area contributed by atoms with Crippen LogP contribution in [0.1, 0.15) is 58.3 Å². The smallest absolute Gasteiger partial charge is 0.253 e. The summed E-state index contributed by atoms with van der Waals surface area (Å²) in [6.45, 7) is 9.39. The fourth-order valence-corrected chi connectivity index (χ4v) is 5.03. The molecular weight excluding hydrogens is 427 g/mol. The summed E-state index contributed by atoms with van der Waals surface area (Å²) in [4.78, 5) is 17.0. The number of halogens is 1. The summed E-state index contributed by atoms with van der Waals surface area (Å²) >= 11 is 0. The van der Waals surface area contributed by atoms with Crippen molar-refractivity contribution in [3.63, 3.8) is 0 Å². The molecule has 0 unspecified atom stereocenters. The normalized spacial score (nSPS) is 17.1. The Balaban J connectivity index is 1.67. The summed E-state index contributed by atoms with van der Waals surface area (Å²) in [5.74, 6) is -0.294. The predicted molar refractivity (Wildman–Crippen MR) is 138 cm³/mol. The SMILES string of the molecule is C=C(C1=C(c2c(C)c(F)cc(N)c2C=N)CCCC1)c1ccc(C(=O)N2CCN(C)CC2)cc1. The number of nitrogens with zero attached hydrogens (tertiary/aromatic N) is 2. The van der Waals surface area contributed by atoms with E-state index in [-0.39, 0.29) is 17.4 Å².